The van der Waals surface area contributed by atoms with Gasteiger partial charge in [0.1, 0.15) is 0 Å². The van der Waals surface area contributed by atoms with E-state index < -0.39 is 0 Å². The van der Waals surface area contributed by atoms with Crippen molar-refractivity contribution in [2.45, 2.75) is 33.6 Å². The van der Waals surface area contributed by atoms with Crippen molar-refractivity contribution in [1.29, 1.82) is 0 Å². The summed E-state index contributed by atoms with van der Waals surface area (Å²) in [5.41, 5.74) is 1.69. The summed E-state index contributed by atoms with van der Waals surface area (Å²) in [6.07, 6.45) is 10.2. The van der Waals surface area contributed by atoms with Crippen LogP contribution >= 0.6 is 0 Å². The SMILES string of the molecule is C#CC1C(C)=CCCC1(C)C. The van der Waals surface area contributed by atoms with E-state index in [0.29, 0.717) is 11.3 Å². The Morgan fingerprint density at radius 2 is 2.27 bits per heavy atom. The maximum absolute atomic E-state index is 5.48. The van der Waals surface area contributed by atoms with E-state index in [2.05, 4.69) is 32.8 Å². The van der Waals surface area contributed by atoms with Gasteiger partial charge in [-0.1, -0.05) is 31.4 Å². The van der Waals surface area contributed by atoms with Crippen LogP contribution in [-0.2, 0) is 0 Å². The van der Waals surface area contributed by atoms with Crippen molar-refractivity contribution in [3.8, 4) is 12.3 Å². The van der Waals surface area contributed by atoms with Crippen molar-refractivity contribution in [3.05, 3.63) is 11.6 Å². The zero-order valence-electron chi connectivity index (χ0n) is 7.65. The first kappa shape index (κ1) is 8.40. The topological polar surface area (TPSA) is 0 Å². The Morgan fingerprint density at radius 1 is 1.64 bits per heavy atom. The van der Waals surface area contributed by atoms with Crippen LogP contribution in [0.1, 0.15) is 33.6 Å². The van der Waals surface area contributed by atoms with Gasteiger partial charge in [-0.25, -0.2) is 0 Å². The zero-order valence-corrected chi connectivity index (χ0v) is 7.65. The van der Waals surface area contributed by atoms with Gasteiger partial charge in [-0.15, -0.1) is 6.42 Å². The highest BCUT2D eigenvalue weighted by atomic mass is 14.3. The lowest BCUT2D eigenvalue weighted by Crippen LogP contribution is -2.26. The van der Waals surface area contributed by atoms with Gasteiger partial charge in [-0.05, 0) is 25.2 Å². The first-order valence-electron chi connectivity index (χ1n) is 4.21. The highest BCUT2D eigenvalue weighted by Gasteiger charge is 2.30. The quantitative estimate of drug-likeness (QED) is 0.366. The minimum Gasteiger partial charge on any atom is -0.119 e. The van der Waals surface area contributed by atoms with Crippen LogP contribution in [0, 0.1) is 23.7 Å². The molecule has 0 heterocycles. The number of allylic oxidation sites excluding steroid dienone is 2. The molecule has 0 saturated heterocycles. The fraction of sp³-hybridized carbons (Fsp3) is 0.636. The van der Waals surface area contributed by atoms with Gasteiger partial charge >= 0.3 is 0 Å². The molecule has 0 nitrogen and oxygen atoms in total. The van der Waals surface area contributed by atoms with E-state index in [4.69, 9.17) is 6.42 Å². The van der Waals surface area contributed by atoms with Crippen molar-refractivity contribution in [2.24, 2.45) is 11.3 Å². The van der Waals surface area contributed by atoms with Crippen LogP contribution in [0.4, 0.5) is 0 Å². The fourth-order valence-corrected chi connectivity index (χ4v) is 1.91. The number of rotatable bonds is 0. The second-order valence-electron chi connectivity index (χ2n) is 4.08. The van der Waals surface area contributed by atoms with Gasteiger partial charge in [0.15, 0.2) is 0 Å². The molecule has 1 aliphatic rings. The van der Waals surface area contributed by atoms with Crippen molar-refractivity contribution >= 4 is 0 Å². The highest BCUT2D eigenvalue weighted by Crippen LogP contribution is 2.39. The monoisotopic (exact) mass is 148 g/mol. The third-order valence-corrected chi connectivity index (χ3v) is 2.66. The molecule has 0 aromatic carbocycles. The van der Waals surface area contributed by atoms with E-state index in [-0.39, 0.29) is 0 Å². The lowest BCUT2D eigenvalue weighted by atomic mass is 9.69. The molecule has 0 amide bonds. The Hall–Kier alpha value is -0.700. The average molecular weight is 148 g/mol. The van der Waals surface area contributed by atoms with Gasteiger partial charge in [-0.3, -0.25) is 0 Å². The molecule has 0 fully saturated rings. The summed E-state index contributed by atoms with van der Waals surface area (Å²) >= 11 is 0. The van der Waals surface area contributed by atoms with E-state index in [1.54, 1.807) is 0 Å². The summed E-state index contributed by atoms with van der Waals surface area (Å²) in [4.78, 5) is 0. The summed E-state index contributed by atoms with van der Waals surface area (Å²) in [5.74, 6) is 3.23. The van der Waals surface area contributed by atoms with Crippen LogP contribution in [0.5, 0.6) is 0 Å². The van der Waals surface area contributed by atoms with E-state index in [1.165, 1.54) is 18.4 Å². The lowest BCUT2D eigenvalue weighted by Gasteiger charge is -2.34. The molecule has 1 aliphatic carbocycles. The van der Waals surface area contributed by atoms with E-state index in [0.717, 1.165) is 0 Å². The molecule has 0 aromatic rings. The maximum Gasteiger partial charge on any atom is 0.0457 e. The highest BCUT2D eigenvalue weighted by molar-refractivity contribution is 5.21. The molecule has 60 valence electrons. The summed E-state index contributed by atoms with van der Waals surface area (Å²) in [5, 5.41) is 0. The van der Waals surface area contributed by atoms with Crippen LogP contribution in [0.2, 0.25) is 0 Å². The van der Waals surface area contributed by atoms with Crippen LogP contribution in [0.15, 0.2) is 11.6 Å². The normalized spacial score (nSPS) is 28.9. The summed E-state index contributed by atoms with van der Waals surface area (Å²) in [6, 6.07) is 0. The Kier molecular flexibility index (Phi) is 2.09. The average Bonchev–Trinajstić information content (AvgIpc) is 1.86. The molecule has 11 heavy (non-hydrogen) atoms. The van der Waals surface area contributed by atoms with Crippen LogP contribution in [0.25, 0.3) is 0 Å². The van der Waals surface area contributed by atoms with Gasteiger partial charge < -0.3 is 0 Å². The van der Waals surface area contributed by atoms with Crippen molar-refractivity contribution in [3.63, 3.8) is 0 Å². The molecule has 0 saturated carbocycles. The minimum absolute atomic E-state index is 0.313. The first-order chi connectivity index (χ1) is 5.08. The molecule has 0 heteroatoms. The number of hydrogen-bond donors (Lipinski definition) is 0. The van der Waals surface area contributed by atoms with Crippen LogP contribution in [0.3, 0.4) is 0 Å². The van der Waals surface area contributed by atoms with E-state index in [9.17, 15) is 0 Å². The molecule has 0 aromatic heterocycles. The Balaban J connectivity index is 2.91. The first-order valence-corrected chi connectivity index (χ1v) is 4.21. The maximum atomic E-state index is 5.48. The summed E-state index contributed by atoms with van der Waals surface area (Å²) in [6.45, 7) is 6.66. The number of terminal acetylenes is 1. The Bertz CT molecular complexity index is 213. The van der Waals surface area contributed by atoms with Crippen LogP contribution < -0.4 is 0 Å². The van der Waals surface area contributed by atoms with Gasteiger partial charge in [0.25, 0.3) is 0 Å². The molecular formula is C11H16. The van der Waals surface area contributed by atoms with Gasteiger partial charge in [0, 0.05) is 5.92 Å². The van der Waals surface area contributed by atoms with Crippen molar-refractivity contribution in [1.82, 2.24) is 0 Å². The molecule has 0 radical (unpaired) electrons. The van der Waals surface area contributed by atoms with E-state index >= 15 is 0 Å². The number of hydrogen-bond acceptors (Lipinski definition) is 0. The van der Waals surface area contributed by atoms with Crippen molar-refractivity contribution in [2.75, 3.05) is 0 Å². The summed E-state index contributed by atoms with van der Waals surface area (Å²) < 4.78 is 0. The summed E-state index contributed by atoms with van der Waals surface area (Å²) in [7, 11) is 0. The molecule has 1 atom stereocenters. The second-order valence-corrected chi connectivity index (χ2v) is 4.08. The molecular weight excluding hydrogens is 132 g/mol. The molecule has 1 rings (SSSR count). The predicted molar refractivity (Wildman–Crippen MR) is 49.1 cm³/mol. The van der Waals surface area contributed by atoms with Gasteiger partial charge in [0.2, 0.25) is 0 Å². The fourth-order valence-electron chi connectivity index (χ4n) is 1.91. The molecule has 1 unspecified atom stereocenters. The van der Waals surface area contributed by atoms with Gasteiger partial charge in [0.05, 0.1) is 0 Å². The minimum atomic E-state index is 0.313. The molecule has 0 bridgehead atoms. The lowest BCUT2D eigenvalue weighted by molar-refractivity contribution is 0.263. The molecule has 0 spiro atoms. The standard InChI is InChI=1S/C11H16/c1-5-10-9(2)7-6-8-11(10,3)4/h1,7,10H,6,8H2,2-4H3. The van der Waals surface area contributed by atoms with Crippen LogP contribution in [-0.4, -0.2) is 0 Å². The Morgan fingerprint density at radius 3 is 2.64 bits per heavy atom. The Labute approximate surface area is 69.7 Å². The van der Waals surface area contributed by atoms with E-state index in [1.807, 2.05) is 0 Å². The smallest absolute Gasteiger partial charge is 0.0457 e. The molecule has 0 N–H and O–H groups in total. The second kappa shape index (κ2) is 2.74. The van der Waals surface area contributed by atoms with Crippen molar-refractivity contribution < 1.29 is 0 Å². The van der Waals surface area contributed by atoms with Gasteiger partial charge in [-0.2, -0.15) is 0 Å². The largest absolute Gasteiger partial charge is 0.119 e. The predicted octanol–water partition coefficient (Wildman–Crippen LogP) is 3.00. The molecule has 0 aliphatic heterocycles. The third kappa shape index (κ3) is 1.48. The third-order valence-electron chi connectivity index (χ3n) is 2.66. The zero-order chi connectivity index (χ0) is 8.48.